The quantitative estimate of drug-likeness (QED) is 0.208. The maximum absolute atomic E-state index is 12.6. The first kappa shape index (κ1) is 25.9. The minimum Gasteiger partial charge on any atom is -0.465 e. The van der Waals surface area contributed by atoms with Crippen molar-refractivity contribution >= 4 is 16.9 Å². The number of para-hydroxylation sites is 1. The van der Waals surface area contributed by atoms with E-state index in [0.29, 0.717) is 18.8 Å². The molecule has 2 heterocycles. The van der Waals surface area contributed by atoms with Crippen LogP contribution in [0.15, 0.2) is 84.9 Å². The second-order valence-corrected chi connectivity index (χ2v) is 10.4. The van der Waals surface area contributed by atoms with Gasteiger partial charge in [0, 0.05) is 10.9 Å². The van der Waals surface area contributed by atoms with Gasteiger partial charge in [-0.15, -0.1) is 0 Å². The van der Waals surface area contributed by atoms with Gasteiger partial charge in [-0.25, -0.2) is 9.78 Å². The summed E-state index contributed by atoms with van der Waals surface area (Å²) in [4.78, 5) is 17.5. The molecule has 0 saturated carbocycles. The van der Waals surface area contributed by atoms with Crippen molar-refractivity contribution in [1.29, 1.82) is 0 Å². The number of rotatable bonds is 6. The molecule has 0 aliphatic carbocycles. The van der Waals surface area contributed by atoms with Crippen LogP contribution in [-0.2, 0) is 27.4 Å². The molecule has 200 valence electrons. The van der Waals surface area contributed by atoms with Crippen LogP contribution in [0.2, 0.25) is 0 Å². The zero-order chi connectivity index (χ0) is 27.8. The van der Waals surface area contributed by atoms with E-state index in [-0.39, 0.29) is 5.97 Å². The Balaban J connectivity index is 1.42. The molecule has 5 aromatic rings. The maximum atomic E-state index is 12.6. The normalized spacial score (nSPS) is 14.3. The Hall–Kier alpha value is -4.32. The van der Waals surface area contributed by atoms with E-state index in [1.54, 1.807) is 6.07 Å². The molecule has 0 bridgehead atoms. The Morgan fingerprint density at radius 1 is 0.900 bits per heavy atom. The Bertz CT molecular complexity index is 1740. The Morgan fingerprint density at radius 2 is 1.65 bits per heavy atom. The first-order valence-electron chi connectivity index (χ1n) is 13.4. The molecular weight excluding hydrogens is 498 g/mol. The predicted octanol–water partition coefficient (Wildman–Crippen LogP) is 8.03. The van der Waals surface area contributed by atoms with Crippen molar-refractivity contribution in [3.8, 4) is 22.3 Å². The van der Waals surface area contributed by atoms with E-state index >= 15 is 0 Å². The van der Waals surface area contributed by atoms with Crippen molar-refractivity contribution in [2.75, 3.05) is 7.11 Å². The number of hydrogen-bond donors (Lipinski definition) is 0. The SMILES string of the molecule is COC(=O)c1ccccc1-c1cc(C)c(-c2cc(C)cc(C)c2)c(COC2OCc3cc4ccccc4nc32)c1. The number of nitrogens with zero attached hydrogens (tertiary/aromatic N) is 1. The van der Waals surface area contributed by atoms with Gasteiger partial charge < -0.3 is 14.2 Å². The number of methoxy groups -OCH3 is 1. The molecule has 1 aliphatic rings. The van der Waals surface area contributed by atoms with E-state index in [1.807, 2.05) is 36.4 Å². The summed E-state index contributed by atoms with van der Waals surface area (Å²) in [5.74, 6) is -0.362. The van der Waals surface area contributed by atoms with E-state index in [2.05, 4.69) is 63.2 Å². The van der Waals surface area contributed by atoms with Crippen molar-refractivity contribution in [3.63, 3.8) is 0 Å². The lowest BCUT2D eigenvalue weighted by atomic mass is 9.88. The monoisotopic (exact) mass is 529 g/mol. The van der Waals surface area contributed by atoms with Gasteiger partial charge in [0.25, 0.3) is 0 Å². The Morgan fingerprint density at radius 3 is 2.45 bits per heavy atom. The number of esters is 1. The molecule has 0 amide bonds. The maximum Gasteiger partial charge on any atom is 0.338 e. The molecule has 1 aromatic heterocycles. The zero-order valence-electron chi connectivity index (χ0n) is 23.2. The lowest BCUT2D eigenvalue weighted by Gasteiger charge is -2.20. The molecule has 4 aromatic carbocycles. The summed E-state index contributed by atoms with van der Waals surface area (Å²) < 4.78 is 17.6. The molecule has 5 nitrogen and oxygen atoms in total. The second kappa shape index (κ2) is 10.7. The predicted molar refractivity (Wildman–Crippen MR) is 157 cm³/mol. The van der Waals surface area contributed by atoms with Gasteiger partial charge >= 0.3 is 5.97 Å². The average Bonchev–Trinajstić information content (AvgIpc) is 3.35. The minimum absolute atomic E-state index is 0.315. The number of aromatic nitrogens is 1. The number of hydrogen-bond acceptors (Lipinski definition) is 5. The summed E-state index contributed by atoms with van der Waals surface area (Å²) in [5.41, 5.74) is 11.8. The van der Waals surface area contributed by atoms with Gasteiger partial charge in [0.15, 0.2) is 0 Å². The smallest absolute Gasteiger partial charge is 0.338 e. The number of pyridine rings is 1. The molecule has 40 heavy (non-hydrogen) atoms. The zero-order valence-corrected chi connectivity index (χ0v) is 23.2. The molecule has 1 atom stereocenters. The number of carbonyl (C=O) groups is 1. The molecule has 0 radical (unpaired) electrons. The van der Waals surface area contributed by atoms with Gasteiger partial charge in [-0.1, -0.05) is 71.8 Å². The van der Waals surface area contributed by atoms with Gasteiger partial charge in [-0.2, -0.15) is 0 Å². The molecule has 0 saturated heterocycles. The minimum atomic E-state index is -0.557. The fourth-order valence-corrected chi connectivity index (χ4v) is 5.72. The molecular formula is C35H31NO4. The van der Waals surface area contributed by atoms with Gasteiger partial charge in [-0.3, -0.25) is 0 Å². The fourth-order valence-electron chi connectivity index (χ4n) is 5.72. The first-order valence-corrected chi connectivity index (χ1v) is 13.4. The van der Waals surface area contributed by atoms with Crippen LogP contribution in [0.1, 0.15) is 50.2 Å². The third-order valence-electron chi connectivity index (χ3n) is 7.41. The van der Waals surface area contributed by atoms with E-state index in [4.69, 9.17) is 19.2 Å². The number of carbonyl (C=O) groups excluding carboxylic acids is 1. The number of ether oxygens (including phenoxy) is 3. The van der Waals surface area contributed by atoms with Crippen molar-refractivity contribution in [2.45, 2.75) is 40.3 Å². The third kappa shape index (κ3) is 4.90. The molecule has 6 rings (SSSR count). The van der Waals surface area contributed by atoms with Crippen LogP contribution in [-0.4, -0.2) is 18.1 Å². The van der Waals surface area contributed by atoms with Crippen LogP contribution < -0.4 is 0 Å². The third-order valence-corrected chi connectivity index (χ3v) is 7.41. The average molecular weight is 530 g/mol. The molecule has 1 unspecified atom stereocenters. The molecule has 0 N–H and O–H groups in total. The largest absolute Gasteiger partial charge is 0.465 e. The summed E-state index contributed by atoms with van der Waals surface area (Å²) in [6.45, 7) is 7.11. The molecule has 0 fully saturated rings. The van der Waals surface area contributed by atoms with E-state index < -0.39 is 6.29 Å². The first-order chi connectivity index (χ1) is 19.4. The van der Waals surface area contributed by atoms with Gasteiger partial charge in [0.1, 0.15) is 5.69 Å². The molecule has 0 spiro atoms. The molecule has 5 heteroatoms. The summed E-state index contributed by atoms with van der Waals surface area (Å²) in [6, 6.07) is 28.6. The lowest BCUT2D eigenvalue weighted by molar-refractivity contribution is -0.147. The summed E-state index contributed by atoms with van der Waals surface area (Å²) in [7, 11) is 1.41. The Kier molecular flexibility index (Phi) is 6.93. The van der Waals surface area contributed by atoms with Crippen LogP contribution in [0.25, 0.3) is 33.2 Å². The van der Waals surface area contributed by atoms with E-state index in [9.17, 15) is 4.79 Å². The fraction of sp³-hybridized carbons (Fsp3) is 0.200. The lowest BCUT2D eigenvalue weighted by Crippen LogP contribution is -2.07. The van der Waals surface area contributed by atoms with Crippen molar-refractivity contribution < 1.29 is 19.0 Å². The number of benzene rings is 4. The van der Waals surface area contributed by atoms with Crippen molar-refractivity contribution in [1.82, 2.24) is 4.98 Å². The van der Waals surface area contributed by atoms with Crippen molar-refractivity contribution in [3.05, 3.63) is 124 Å². The highest BCUT2D eigenvalue weighted by molar-refractivity contribution is 5.97. The number of fused-ring (bicyclic) bond motifs is 2. The van der Waals surface area contributed by atoms with E-state index in [1.165, 1.54) is 18.2 Å². The van der Waals surface area contributed by atoms with Crippen LogP contribution in [0, 0.1) is 20.8 Å². The Labute approximate surface area is 234 Å². The van der Waals surface area contributed by atoms with Gasteiger partial charge in [0.2, 0.25) is 6.29 Å². The van der Waals surface area contributed by atoms with Gasteiger partial charge in [-0.05, 0) is 78.4 Å². The summed E-state index contributed by atoms with van der Waals surface area (Å²) in [5, 5.41) is 1.09. The highest BCUT2D eigenvalue weighted by Crippen LogP contribution is 2.38. The van der Waals surface area contributed by atoms with Crippen LogP contribution >= 0.6 is 0 Å². The summed E-state index contributed by atoms with van der Waals surface area (Å²) >= 11 is 0. The molecule has 1 aliphatic heterocycles. The van der Waals surface area contributed by atoms with Crippen LogP contribution in [0.4, 0.5) is 0 Å². The summed E-state index contributed by atoms with van der Waals surface area (Å²) in [6.07, 6.45) is -0.557. The topological polar surface area (TPSA) is 57.7 Å². The highest BCUT2D eigenvalue weighted by atomic mass is 16.7. The van der Waals surface area contributed by atoms with Crippen molar-refractivity contribution in [2.24, 2.45) is 0 Å². The van der Waals surface area contributed by atoms with Crippen LogP contribution in [0.5, 0.6) is 0 Å². The highest BCUT2D eigenvalue weighted by Gasteiger charge is 2.27. The van der Waals surface area contributed by atoms with Crippen LogP contribution in [0.3, 0.4) is 0 Å². The van der Waals surface area contributed by atoms with Gasteiger partial charge in [0.05, 0.1) is 31.4 Å². The number of aryl methyl sites for hydroxylation is 3. The standard InChI is InChI=1S/C35H31NO4/c1-21-13-22(2)15-26(14-21)32-23(3)16-25(29-10-6-7-11-30(29)34(37)38-4)18-27(32)19-39-35-33-28(20-40-35)17-24-9-5-8-12-31(24)36-33/h5-18,35H,19-20H2,1-4H3. The van der Waals surface area contributed by atoms with E-state index in [0.717, 1.165) is 55.5 Å². The second-order valence-electron chi connectivity index (χ2n) is 10.4.